The highest BCUT2D eigenvalue weighted by Gasteiger charge is 2.23. The first-order valence-corrected chi connectivity index (χ1v) is 7.93. The summed E-state index contributed by atoms with van der Waals surface area (Å²) < 4.78 is 3.79. The summed E-state index contributed by atoms with van der Waals surface area (Å²) in [6, 6.07) is 4.01. The summed E-state index contributed by atoms with van der Waals surface area (Å²) in [6.07, 6.45) is 6.89. The van der Waals surface area contributed by atoms with E-state index in [9.17, 15) is 0 Å². The number of aromatic nitrogens is 5. The van der Waals surface area contributed by atoms with E-state index in [1.165, 1.54) is 11.3 Å². The van der Waals surface area contributed by atoms with Crippen LogP contribution in [0.25, 0.3) is 5.65 Å². The first-order chi connectivity index (χ1) is 10.7. The molecule has 114 valence electrons. The van der Waals surface area contributed by atoms with Crippen LogP contribution in [-0.2, 0) is 19.4 Å². The lowest BCUT2D eigenvalue weighted by Gasteiger charge is -2.23. The van der Waals surface area contributed by atoms with Gasteiger partial charge in [-0.1, -0.05) is 11.6 Å². The summed E-state index contributed by atoms with van der Waals surface area (Å²) in [6.45, 7) is 3.06. The zero-order valence-electron chi connectivity index (χ0n) is 12.3. The van der Waals surface area contributed by atoms with E-state index in [4.69, 9.17) is 11.6 Å². The van der Waals surface area contributed by atoms with Crippen molar-refractivity contribution < 1.29 is 0 Å². The molecule has 0 amide bonds. The number of hydrogen-bond acceptors (Lipinski definition) is 4. The maximum Gasteiger partial charge on any atom is 0.243 e. The molecular formula is C15H17ClN6. The molecule has 3 aromatic heterocycles. The molecule has 0 saturated carbocycles. The van der Waals surface area contributed by atoms with Crippen LogP contribution in [0.2, 0.25) is 5.02 Å². The second-order valence-electron chi connectivity index (χ2n) is 5.58. The summed E-state index contributed by atoms with van der Waals surface area (Å²) in [4.78, 5) is 4.47. The van der Waals surface area contributed by atoms with Gasteiger partial charge in [0.25, 0.3) is 0 Å². The van der Waals surface area contributed by atoms with Crippen LogP contribution in [0.15, 0.2) is 24.5 Å². The predicted molar refractivity (Wildman–Crippen MR) is 85.3 cm³/mol. The van der Waals surface area contributed by atoms with E-state index in [1.54, 1.807) is 4.52 Å². The molecule has 4 rings (SSSR count). The van der Waals surface area contributed by atoms with Crippen molar-refractivity contribution in [1.82, 2.24) is 24.4 Å². The molecule has 3 heterocycles. The fraction of sp³-hybridized carbons (Fsp3) is 0.400. The molecule has 0 aromatic carbocycles. The standard InChI is InChI=1S/C15H17ClN6/c1-2-21-13-6-5-11(8-10(13)9-17-21)18-15-19-14-12(16)4-3-7-22(14)20-15/h3-4,7,9,11H,2,5-6,8H2,1H3,(H,18,20). The SMILES string of the molecule is CCn1ncc2c1CCC(Nc1nc3c(Cl)cccn3n1)C2. The number of hydrogen-bond donors (Lipinski definition) is 1. The van der Waals surface area contributed by atoms with Gasteiger partial charge in [-0.25, -0.2) is 4.52 Å². The smallest absolute Gasteiger partial charge is 0.243 e. The van der Waals surface area contributed by atoms with Crippen molar-refractivity contribution in [3.63, 3.8) is 0 Å². The van der Waals surface area contributed by atoms with Crippen LogP contribution < -0.4 is 5.32 Å². The van der Waals surface area contributed by atoms with Crippen LogP contribution in [0.4, 0.5) is 5.95 Å². The number of pyridine rings is 1. The lowest BCUT2D eigenvalue weighted by atomic mass is 9.93. The average molecular weight is 317 g/mol. The second kappa shape index (κ2) is 5.28. The highest BCUT2D eigenvalue weighted by Crippen LogP contribution is 2.24. The molecule has 6 nitrogen and oxygen atoms in total. The van der Waals surface area contributed by atoms with Gasteiger partial charge in [0.15, 0.2) is 5.65 Å². The number of nitrogens with zero attached hydrogens (tertiary/aromatic N) is 5. The van der Waals surface area contributed by atoms with E-state index >= 15 is 0 Å². The maximum atomic E-state index is 6.14. The van der Waals surface area contributed by atoms with Crippen LogP contribution in [0.3, 0.4) is 0 Å². The highest BCUT2D eigenvalue weighted by atomic mass is 35.5. The topological polar surface area (TPSA) is 60.0 Å². The largest absolute Gasteiger partial charge is 0.350 e. The van der Waals surface area contributed by atoms with E-state index in [0.29, 0.717) is 22.7 Å². The minimum Gasteiger partial charge on any atom is -0.350 e. The number of aryl methyl sites for hydroxylation is 1. The first-order valence-electron chi connectivity index (χ1n) is 7.55. The van der Waals surface area contributed by atoms with Crippen LogP contribution in [0.5, 0.6) is 0 Å². The van der Waals surface area contributed by atoms with Crippen molar-refractivity contribution in [3.8, 4) is 0 Å². The lowest BCUT2D eigenvalue weighted by molar-refractivity contribution is 0.552. The minimum atomic E-state index is 0.332. The molecule has 7 heteroatoms. The Balaban J connectivity index is 1.55. The molecule has 22 heavy (non-hydrogen) atoms. The van der Waals surface area contributed by atoms with Gasteiger partial charge >= 0.3 is 0 Å². The molecule has 1 atom stereocenters. The molecule has 1 unspecified atom stereocenters. The van der Waals surface area contributed by atoms with Gasteiger partial charge in [0.2, 0.25) is 5.95 Å². The fourth-order valence-corrected chi connectivity index (χ4v) is 3.30. The van der Waals surface area contributed by atoms with Gasteiger partial charge in [0.1, 0.15) is 0 Å². The molecule has 1 aliphatic carbocycles. The third-order valence-corrected chi connectivity index (χ3v) is 4.47. The van der Waals surface area contributed by atoms with Gasteiger partial charge < -0.3 is 5.32 Å². The molecule has 0 fully saturated rings. The third kappa shape index (κ3) is 2.23. The molecule has 3 aromatic rings. The van der Waals surface area contributed by atoms with Gasteiger partial charge in [-0.2, -0.15) is 10.1 Å². The van der Waals surface area contributed by atoms with E-state index in [-0.39, 0.29) is 0 Å². The average Bonchev–Trinajstić information content (AvgIpc) is 3.11. The van der Waals surface area contributed by atoms with Crippen molar-refractivity contribution >= 4 is 23.2 Å². The van der Waals surface area contributed by atoms with Crippen LogP contribution >= 0.6 is 11.6 Å². The summed E-state index contributed by atoms with van der Waals surface area (Å²) in [7, 11) is 0. The third-order valence-electron chi connectivity index (χ3n) is 4.18. The molecular weight excluding hydrogens is 300 g/mol. The quantitative estimate of drug-likeness (QED) is 0.807. The Morgan fingerprint density at radius 3 is 3.18 bits per heavy atom. The van der Waals surface area contributed by atoms with Crippen LogP contribution in [0.1, 0.15) is 24.6 Å². The van der Waals surface area contributed by atoms with E-state index in [0.717, 1.165) is 25.8 Å². The normalized spacial score (nSPS) is 17.6. The van der Waals surface area contributed by atoms with Crippen LogP contribution in [-0.4, -0.2) is 30.4 Å². The minimum absolute atomic E-state index is 0.332. The summed E-state index contributed by atoms with van der Waals surface area (Å²) in [5.41, 5.74) is 3.38. The predicted octanol–water partition coefficient (Wildman–Crippen LogP) is 2.57. The molecule has 0 saturated heterocycles. The van der Waals surface area contributed by atoms with E-state index in [2.05, 4.69) is 32.1 Å². The van der Waals surface area contributed by atoms with Crippen LogP contribution in [0, 0.1) is 0 Å². The second-order valence-corrected chi connectivity index (χ2v) is 5.98. The first kappa shape index (κ1) is 13.6. The number of nitrogens with one attached hydrogen (secondary N) is 1. The molecule has 0 bridgehead atoms. The monoisotopic (exact) mass is 316 g/mol. The van der Waals surface area contributed by atoms with E-state index < -0.39 is 0 Å². The van der Waals surface area contributed by atoms with Gasteiger partial charge in [0.05, 0.1) is 11.2 Å². The number of fused-ring (bicyclic) bond motifs is 2. The van der Waals surface area contributed by atoms with E-state index in [1.807, 2.05) is 24.5 Å². The van der Waals surface area contributed by atoms with Gasteiger partial charge in [-0.05, 0) is 43.9 Å². The Morgan fingerprint density at radius 1 is 1.45 bits per heavy atom. The van der Waals surface area contributed by atoms with Crippen molar-refractivity contribution in [2.45, 2.75) is 38.8 Å². The molecule has 0 aliphatic heterocycles. The Labute approximate surface area is 133 Å². The Hall–Kier alpha value is -2.08. The maximum absolute atomic E-state index is 6.14. The summed E-state index contributed by atoms with van der Waals surface area (Å²) >= 11 is 6.14. The number of halogens is 1. The Kier molecular flexibility index (Phi) is 3.26. The molecule has 0 radical (unpaired) electrons. The molecule has 1 N–H and O–H groups in total. The zero-order valence-corrected chi connectivity index (χ0v) is 13.1. The van der Waals surface area contributed by atoms with Crippen molar-refractivity contribution in [2.24, 2.45) is 0 Å². The number of rotatable bonds is 3. The molecule has 1 aliphatic rings. The Morgan fingerprint density at radius 2 is 2.36 bits per heavy atom. The summed E-state index contributed by atoms with van der Waals surface area (Å²) in [5, 5.41) is 12.9. The van der Waals surface area contributed by atoms with Crippen molar-refractivity contribution in [1.29, 1.82) is 0 Å². The fourth-order valence-electron chi connectivity index (χ4n) is 3.10. The highest BCUT2D eigenvalue weighted by molar-refractivity contribution is 6.33. The zero-order chi connectivity index (χ0) is 15.1. The van der Waals surface area contributed by atoms with Gasteiger partial charge in [-0.3, -0.25) is 4.68 Å². The van der Waals surface area contributed by atoms with Gasteiger partial charge in [-0.15, -0.1) is 5.10 Å². The summed E-state index contributed by atoms with van der Waals surface area (Å²) in [5.74, 6) is 0.629. The Bertz CT molecular complexity index is 821. The van der Waals surface area contributed by atoms with Crippen molar-refractivity contribution in [2.75, 3.05) is 5.32 Å². The van der Waals surface area contributed by atoms with Crippen molar-refractivity contribution in [3.05, 3.63) is 40.8 Å². The lowest BCUT2D eigenvalue weighted by Crippen LogP contribution is -2.28. The van der Waals surface area contributed by atoms with Gasteiger partial charge in [0, 0.05) is 24.5 Å². The molecule has 0 spiro atoms. The number of anilines is 1.